The molecule has 100 valence electrons. The minimum atomic E-state index is -0.612. The molecule has 1 aromatic rings. The SMILES string of the molecule is CC(NC(=O)c1ccoc1Br)C(=O)NC(C)(C)C. The van der Waals surface area contributed by atoms with Gasteiger partial charge in [0, 0.05) is 5.54 Å². The molecule has 0 aromatic carbocycles. The highest BCUT2D eigenvalue weighted by Gasteiger charge is 2.22. The van der Waals surface area contributed by atoms with Gasteiger partial charge in [0.2, 0.25) is 5.91 Å². The molecule has 5 nitrogen and oxygen atoms in total. The zero-order valence-corrected chi connectivity index (χ0v) is 12.4. The third kappa shape index (κ3) is 4.18. The van der Waals surface area contributed by atoms with E-state index in [2.05, 4.69) is 26.6 Å². The quantitative estimate of drug-likeness (QED) is 0.896. The topological polar surface area (TPSA) is 71.3 Å². The summed E-state index contributed by atoms with van der Waals surface area (Å²) in [7, 11) is 0. The number of furan rings is 1. The van der Waals surface area contributed by atoms with Gasteiger partial charge in [-0.15, -0.1) is 0 Å². The van der Waals surface area contributed by atoms with Gasteiger partial charge < -0.3 is 15.1 Å². The van der Waals surface area contributed by atoms with E-state index in [4.69, 9.17) is 4.42 Å². The fraction of sp³-hybridized carbons (Fsp3) is 0.500. The van der Waals surface area contributed by atoms with Gasteiger partial charge >= 0.3 is 0 Å². The molecular weight excluding hydrogens is 300 g/mol. The van der Waals surface area contributed by atoms with E-state index in [9.17, 15) is 9.59 Å². The maximum Gasteiger partial charge on any atom is 0.256 e. The summed E-state index contributed by atoms with van der Waals surface area (Å²) in [5.74, 6) is -0.581. The number of amides is 2. The largest absolute Gasteiger partial charge is 0.457 e. The summed E-state index contributed by atoms with van der Waals surface area (Å²) in [5.41, 5.74) is 0.0390. The van der Waals surface area contributed by atoms with Gasteiger partial charge in [0.05, 0.1) is 11.8 Å². The standard InChI is InChI=1S/C12H17BrN2O3/c1-7(10(16)15-12(2,3)4)14-11(17)8-5-6-18-9(8)13/h5-7H,1-4H3,(H,14,17)(H,15,16). The molecule has 0 saturated carbocycles. The van der Waals surface area contributed by atoms with Crippen LogP contribution in [0.5, 0.6) is 0 Å². The third-order valence-corrected chi connectivity index (χ3v) is 2.72. The zero-order valence-electron chi connectivity index (χ0n) is 10.8. The van der Waals surface area contributed by atoms with Crippen LogP contribution in [0.25, 0.3) is 0 Å². The second-order valence-electron chi connectivity index (χ2n) is 5.04. The average Bonchev–Trinajstić information content (AvgIpc) is 2.61. The number of carbonyl (C=O) groups is 2. The van der Waals surface area contributed by atoms with E-state index in [1.807, 2.05) is 20.8 Å². The number of halogens is 1. The molecule has 0 aliphatic carbocycles. The second-order valence-corrected chi connectivity index (χ2v) is 5.76. The summed E-state index contributed by atoms with van der Waals surface area (Å²) in [6.07, 6.45) is 1.40. The van der Waals surface area contributed by atoms with E-state index in [-0.39, 0.29) is 17.4 Å². The van der Waals surface area contributed by atoms with Gasteiger partial charge in [-0.1, -0.05) is 0 Å². The average molecular weight is 317 g/mol. The number of rotatable bonds is 3. The van der Waals surface area contributed by atoms with Crippen LogP contribution in [0.1, 0.15) is 38.1 Å². The molecule has 1 heterocycles. The van der Waals surface area contributed by atoms with Gasteiger partial charge in [-0.05, 0) is 49.7 Å². The molecule has 18 heavy (non-hydrogen) atoms. The Labute approximate surface area is 114 Å². The lowest BCUT2D eigenvalue weighted by Gasteiger charge is -2.23. The van der Waals surface area contributed by atoms with Crippen molar-refractivity contribution in [3.8, 4) is 0 Å². The summed E-state index contributed by atoms with van der Waals surface area (Å²) in [6, 6.07) is 0.923. The van der Waals surface area contributed by atoms with Gasteiger partial charge in [0.15, 0.2) is 4.67 Å². The Bertz CT molecular complexity index is 448. The van der Waals surface area contributed by atoms with Crippen molar-refractivity contribution < 1.29 is 14.0 Å². The predicted molar refractivity (Wildman–Crippen MR) is 71.2 cm³/mol. The molecule has 1 aromatic heterocycles. The Morgan fingerprint density at radius 2 is 2.00 bits per heavy atom. The van der Waals surface area contributed by atoms with E-state index < -0.39 is 6.04 Å². The fourth-order valence-corrected chi connectivity index (χ4v) is 1.69. The van der Waals surface area contributed by atoms with E-state index in [0.717, 1.165) is 0 Å². The molecule has 1 unspecified atom stereocenters. The van der Waals surface area contributed by atoms with Crippen LogP contribution in [0.4, 0.5) is 0 Å². The van der Waals surface area contributed by atoms with E-state index in [1.165, 1.54) is 12.3 Å². The number of nitrogens with one attached hydrogen (secondary N) is 2. The first-order valence-corrected chi connectivity index (χ1v) is 6.36. The molecule has 2 N–H and O–H groups in total. The predicted octanol–water partition coefficient (Wildman–Crippen LogP) is 2.08. The Balaban J connectivity index is 2.60. The van der Waals surface area contributed by atoms with Crippen LogP contribution in [-0.4, -0.2) is 23.4 Å². The van der Waals surface area contributed by atoms with Crippen LogP contribution >= 0.6 is 15.9 Å². The van der Waals surface area contributed by atoms with E-state index in [1.54, 1.807) is 6.92 Å². The molecule has 0 fully saturated rings. The third-order valence-electron chi connectivity index (χ3n) is 2.10. The highest BCUT2D eigenvalue weighted by Crippen LogP contribution is 2.17. The van der Waals surface area contributed by atoms with Crippen molar-refractivity contribution in [1.29, 1.82) is 0 Å². The van der Waals surface area contributed by atoms with Crippen molar-refractivity contribution in [3.05, 3.63) is 22.6 Å². The van der Waals surface area contributed by atoms with Crippen molar-refractivity contribution in [2.45, 2.75) is 39.3 Å². The Morgan fingerprint density at radius 3 is 2.44 bits per heavy atom. The maximum absolute atomic E-state index is 11.8. The zero-order chi connectivity index (χ0) is 13.9. The molecule has 0 bridgehead atoms. The fourth-order valence-electron chi connectivity index (χ4n) is 1.27. The minimum absolute atomic E-state index is 0.226. The molecule has 0 aliphatic rings. The summed E-state index contributed by atoms with van der Waals surface area (Å²) in [5, 5.41) is 5.40. The smallest absolute Gasteiger partial charge is 0.256 e. The summed E-state index contributed by atoms with van der Waals surface area (Å²) >= 11 is 3.11. The van der Waals surface area contributed by atoms with Gasteiger partial charge in [-0.3, -0.25) is 9.59 Å². The van der Waals surface area contributed by atoms with Crippen molar-refractivity contribution >= 4 is 27.7 Å². The molecule has 0 aliphatic heterocycles. The second kappa shape index (κ2) is 5.56. The number of hydrogen-bond donors (Lipinski definition) is 2. The Morgan fingerprint density at radius 1 is 1.39 bits per heavy atom. The summed E-state index contributed by atoms with van der Waals surface area (Å²) in [6.45, 7) is 7.28. The lowest BCUT2D eigenvalue weighted by Crippen LogP contribution is -2.50. The summed E-state index contributed by atoms with van der Waals surface area (Å²) < 4.78 is 5.31. The molecule has 6 heteroatoms. The Hall–Kier alpha value is -1.30. The van der Waals surface area contributed by atoms with Crippen molar-refractivity contribution in [2.24, 2.45) is 0 Å². The maximum atomic E-state index is 11.8. The van der Waals surface area contributed by atoms with E-state index in [0.29, 0.717) is 10.2 Å². The highest BCUT2D eigenvalue weighted by atomic mass is 79.9. The van der Waals surface area contributed by atoms with Crippen molar-refractivity contribution in [3.63, 3.8) is 0 Å². The monoisotopic (exact) mass is 316 g/mol. The van der Waals surface area contributed by atoms with Crippen LogP contribution in [0.3, 0.4) is 0 Å². The van der Waals surface area contributed by atoms with Gasteiger partial charge in [-0.25, -0.2) is 0 Å². The first-order valence-electron chi connectivity index (χ1n) is 5.56. The number of carbonyl (C=O) groups excluding carboxylic acids is 2. The lowest BCUT2D eigenvalue weighted by atomic mass is 10.1. The van der Waals surface area contributed by atoms with Crippen molar-refractivity contribution in [1.82, 2.24) is 10.6 Å². The Kier molecular flexibility index (Phi) is 4.56. The molecule has 1 atom stereocenters. The molecule has 1 rings (SSSR count). The molecule has 0 saturated heterocycles. The highest BCUT2D eigenvalue weighted by molar-refractivity contribution is 9.10. The molecule has 2 amide bonds. The summed E-state index contributed by atoms with van der Waals surface area (Å²) in [4.78, 5) is 23.6. The van der Waals surface area contributed by atoms with Crippen LogP contribution < -0.4 is 10.6 Å². The molecular formula is C12H17BrN2O3. The van der Waals surface area contributed by atoms with Crippen molar-refractivity contribution in [2.75, 3.05) is 0 Å². The molecule has 0 radical (unpaired) electrons. The number of hydrogen-bond acceptors (Lipinski definition) is 3. The van der Waals surface area contributed by atoms with Crippen LogP contribution in [0.15, 0.2) is 21.4 Å². The van der Waals surface area contributed by atoms with E-state index >= 15 is 0 Å². The first-order chi connectivity index (χ1) is 8.20. The van der Waals surface area contributed by atoms with Gasteiger partial charge in [0.25, 0.3) is 5.91 Å². The first kappa shape index (κ1) is 14.8. The molecule has 0 spiro atoms. The minimum Gasteiger partial charge on any atom is -0.457 e. The lowest BCUT2D eigenvalue weighted by molar-refractivity contribution is -0.124. The van der Waals surface area contributed by atoms with Gasteiger partial charge in [-0.2, -0.15) is 0 Å². The normalized spacial score (nSPS) is 12.9. The van der Waals surface area contributed by atoms with Crippen LogP contribution in [0, 0.1) is 0 Å². The van der Waals surface area contributed by atoms with Crippen LogP contribution in [-0.2, 0) is 4.79 Å². The van der Waals surface area contributed by atoms with Gasteiger partial charge in [0.1, 0.15) is 6.04 Å². The van der Waals surface area contributed by atoms with Crippen LogP contribution in [0.2, 0.25) is 0 Å².